The second-order valence-electron chi connectivity index (χ2n) is 6.63. The summed E-state index contributed by atoms with van der Waals surface area (Å²) in [6.45, 7) is 1.29. The molecular weight excluding hydrogens is 342 g/mol. The molecule has 2 aromatic carbocycles. The zero-order chi connectivity index (χ0) is 19.2. The molecule has 1 heterocycles. The Balaban J connectivity index is 1.73. The normalized spacial score (nSPS) is 18.6. The van der Waals surface area contributed by atoms with E-state index in [1.165, 1.54) is 4.90 Å². The van der Waals surface area contributed by atoms with Gasteiger partial charge in [0.2, 0.25) is 0 Å². The number of likely N-dealkylation sites (tertiary alicyclic amines) is 1. The van der Waals surface area contributed by atoms with Gasteiger partial charge in [-0.25, -0.2) is 0 Å². The largest absolute Gasteiger partial charge is 0.497 e. The van der Waals surface area contributed by atoms with Crippen molar-refractivity contribution in [3.8, 4) is 17.6 Å². The van der Waals surface area contributed by atoms with Crippen LogP contribution in [0.2, 0.25) is 0 Å². The van der Waals surface area contributed by atoms with Crippen molar-refractivity contribution in [2.75, 3.05) is 32.6 Å². The first-order valence-electron chi connectivity index (χ1n) is 9.01. The number of anilines is 1. The summed E-state index contributed by atoms with van der Waals surface area (Å²) in [5.41, 5.74) is 2.25. The summed E-state index contributed by atoms with van der Waals surface area (Å²) in [6.07, 6.45) is 2.05. The molecular formula is C21H24N3O3+. The van der Waals surface area contributed by atoms with Crippen LogP contribution in [0.3, 0.4) is 0 Å². The molecule has 1 unspecified atom stereocenters. The molecule has 0 bridgehead atoms. The molecule has 1 aliphatic heterocycles. The quantitative estimate of drug-likeness (QED) is 0.819. The lowest BCUT2D eigenvalue weighted by Crippen LogP contribution is -3.11. The summed E-state index contributed by atoms with van der Waals surface area (Å²) in [5.74, 6) is 1.55. The Hall–Kier alpha value is -3.04. The van der Waals surface area contributed by atoms with Crippen molar-refractivity contribution in [2.24, 2.45) is 0 Å². The zero-order valence-corrected chi connectivity index (χ0v) is 15.6. The second kappa shape index (κ2) is 8.56. The summed E-state index contributed by atoms with van der Waals surface area (Å²) in [6, 6.07) is 15.0. The molecule has 1 aliphatic rings. The van der Waals surface area contributed by atoms with E-state index >= 15 is 0 Å². The molecule has 0 spiro atoms. The van der Waals surface area contributed by atoms with E-state index < -0.39 is 0 Å². The van der Waals surface area contributed by atoms with E-state index in [4.69, 9.17) is 14.7 Å². The molecule has 1 amide bonds. The van der Waals surface area contributed by atoms with Gasteiger partial charge in [0.25, 0.3) is 5.91 Å². The van der Waals surface area contributed by atoms with Gasteiger partial charge in [-0.15, -0.1) is 0 Å². The molecule has 3 rings (SSSR count). The summed E-state index contributed by atoms with van der Waals surface area (Å²) in [7, 11) is 3.31. The molecule has 0 aromatic heterocycles. The lowest BCUT2D eigenvalue weighted by molar-refractivity contribution is -0.910. The van der Waals surface area contributed by atoms with Gasteiger partial charge in [-0.2, -0.15) is 5.26 Å². The topological polar surface area (TPSA) is 75.8 Å². The van der Waals surface area contributed by atoms with Crippen molar-refractivity contribution in [1.29, 1.82) is 5.26 Å². The van der Waals surface area contributed by atoms with Crippen LogP contribution >= 0.6 is 0 Å². The molecule has 6 heteroatoms. The molecule has 2 atom stereocenters. The van der Waals surface area contributed by atoms with E-state index in [-0.39, 0.29) is 11.9 Å². The van der Waals surface area contributed by atoms with Gasteiger partial charge in [0, 0.05) is 18.5 Å². The molecule has 0 radical (unpaired) electrons. The number of hydrogen-bond donors (Lipinski definition) is 2. The number of carbonyl (C=O) groups is 1. The number of hydrogen-bond acceptors (Lipinski definition) is 4. The standard InChI is InChI=1S/C21H23N3O3/c1-26-17-8-9-20(27-2)18(12-17)19-7-4-10-24(19)14-21(25)23-16-6-3-5-15(11-16)13-22/h3,5-6,8-9,11-12,19H,4,7,10,14H2,1-2H3,(H,23,25)/p+1/t19-/m1/s1. The highest BCUT2D eigenvalue weighted by atomic mass is 16.5. The smallest absolute Gasteiger partial charge is 0.279 e. The van der Waals surface area contributed by atoms with E-state index in [0.29, 0.717) is 17.8 Å². The predicted octanol–water partition coefficient (Wildman–Crippen LogP) is 1.93. The maximum Gasteiger partial charge on any atom is 0.279 e. The number of benzene rings is 2. The minimum absolute atomic E-state index is 0.0612. The number of nitriles is 1. The van der Waals surface area contributed by atoms with E-state index in [2.05, 4.69) is 11.4 Å². The average Bonchev–Trinajstić information content (AvgIpc) is 3.15. The first kappa shape index (κ1) is 18.7. The van der Waals surface area contributed by atoms with Gasteiger partial charge in [-0.3, -0.25) is 4.79 Å². The van der Waals surface area contributed by atoms with Crippen molar-refractivity contribution in [3.05, 3.63) is 53.6 Å². The number of nitrogens with zero attached hydrogens (tertiary/aromatic N) is 1. The van der Waals surface area contributed by atoms with E-state index in [1.54, 1.807) is 38.5 Å². The summed E-state index contributed by atoms with van der Waals surface area (Å²) in [5, 5.41) is 11.9. The highest BCUT2D eigenvalue weighted by molar-refractivity contribution is 5.91. The third-order valence-electron chi connectivity index (χ3n) is 4.96. The van der Waals surface area contributed by atoms with Gasteiger partial charge in [0.15, 0.2) is 6.54 Å². The highest BCUT2D eigenvalue weighted by Gasteiger charge is 2.34. The van der Waals surface area contributed by atoms with Crippen molar-refractivity contribution in [1.82, 2.24) is 0 Å². The van der Waals surface area contributed by atoms with Crippen LogP contribution in [0, 0.1) is 11.3 Å². The predicted molar refractivity (Wildman–Crippen MR) is 102 cm³/mol. The minimum atomic E-state index is -0.0612. The van der Waals surface area contributed by atoms with Crippen molar-refractivity contribution >= 4 is 11.6 Å². The molecule has 1 fully saturated rings. The fourth-order valence-corrected chi connectivity index (χ4v) is 3.69. The fourth-order valence-electron chi connectivity index (χ4n) is 3.69. The third kappa shape index (κ3) is 4.39. The van der Waals surface area contributed by atoms with E-state index in [9.17, 15) is 4.79 Å². The SMILES string of the molecule is COc1ccc(OC)c([C@H]2CCC[NH+]2CC(=O)Nc2cccc(C#N)c2)c1. The van der Waals surface area contributed by atoms with Gasteiger partial charge < -0.3 is 19.7 Å². The molecule has 2 aromatic rings. The Morgan fingerprint density at radius 2 is 2.11 bits per heavy atom. The fraction of sp³-hybridized carbons (Fsp3) is 0.333. The number of amides is 1. The number of ether oxygens (including phenoxy) is 2. The van der Waals surface area contributed by atoms with Crippen LogP contribution in [0.1, 0.15) is 30.0 Å². The Bertz CT molecular complexity index is 860. The van der Waals surface area contributed by atoms with Gasteiger partial charge in [0.05, 0.1) is 38.0 Å². The van der Waals surface area contributed by atoms with Crippen LogP contribution in [-0.4, -0.2) is 33.2 Å². The zero-order valence-electron chi connectivity index (χ0n) is 15.6. The van der Waals surface area contributed by atoms with E-state index in [0.717, 1.165) is 36.4 Å². The average molecular weight is 366 g/mol. The molecule has 6 nitrogen and oxygen atoms in total. The van der Waals surface area contributed by atoms with Crippen LogP contribution in [0.25, 0.3) is 0 Å². The molecule has 1 saturated heterocycles. The second-order valence-corrected chi connectivity index (χ2v) is 6.63. The number of rotatable bonds is 6. The summed E-state index contributed by atoms with van der Waals surface area (Å²) < 4.78 is 10.9. The first-order chi connectivity index (χ1) is 13.1. The van der Waals surface area contributed by atoms with Crippen molar-refractivity contribution in [3.63, 3.8) is 0 Å². The summed E-state index contributed by atoms with van der Waals surface area (Å²) >= 11 is 0. The van der Waals surface area contributed by atoms with E-state index in [1.807, 2.05) is 18.2 Å². The monoisotopic (exact) mass is 366 g/mol. The number of quaternary nitrogens is 1. The summed E-state index contributed by atoms with van der Waals surface area (Å²) in [4.78, 5) is 13.8. The van der Waals surface area contributed by atoms with Crippen LogP contribution in [0.5, 0.6) is 11.5 Å². The number of carbonyl (C=O) groups excluding carboxylic acids is 1. The lowest BCUT2D eigenvalue weighted by Gasteiger charge is -2.23. The molecule has 2 N–H and O–H groups in total. The lowest BCUT2D eigenvalue weighted by atomic mass is 10.0. The van der Waals surface area contributed by atoms with Crippen LogP contribution < -0.4 is 19.7 Å². The maximum absolute atomic E-state index is 12.6. The van der Waals surface area contributed by atoms with Crippen molar-refractivity contribution < 1.29 is 19.2 Å². The van der Waals surface area contributed by atoms with Crippen molar-refractivity contribution in [2.45, 2.75) is 18.9 Å². The van der Waals surface area contributed by atoms with Gasteiger partial charge in [0.1, 0.15) is 17.5 Å². The Labute approximate surface area is 159 Å². The molecule has 0 aliphatic carbocycles. The number of methoxy groups -OCH3 is 2. The maximum atomic E-state index is 12.6. The van der Waals surface area contributed by atoms with Crippen LogP contribution in [0.15, 0.2) is 42.5 Å². The van der Waals surface area contributed by atoms with Gasteiger partial charge >= 0.3 is 0 Å². The number of nitrogens with one attached hydrogen (secondary N) is 2. The minimum Gasteiger partial charge on any atom is -0.497 e. The van der Waals surface area contributed by atoms with Crippen LogP contribution in [-0.2, 0) is 4.79 Å². The van der Waals surface area contributed by atoms with Gasteiger partial charge in [-0.05, 0) is 36.4 Å². The molecule has 0 saturated carbocycles. The Morgan fingerprint density at radius 1 is 1.26 bits per heavy atom. The molecule has 27 heavy (non-hydrogen) atoms. The highest BCUT2D eigenvalue weighted by Crippen LogP contribution is 2.31. The first-order valence-corrected chi connectivity index (χ1v) is 9.01. The Kier molecular flexibility index (Phi) is 5.94. The van der Waals surface area contributed by atoms with Crippen LogP contribution in [0.4, 0.5) is 5.69 Å². The van der Waals surface area contributed by atoms with Gasteiger partial charge in [-0.1, -0.05) is 6.07 Å². The molecule has 140 valence electrons. The third-order valence-corrected chi connectivity index (χ3v) is 4.96. The Morgan fingerprint density at radius 3 is 2.85 bits per heavy atom.